The summed E-state index contributed by atoms with van der Waals surface area (Å²) in [5.74, 6) is 0.547. The van der Waals surface area contributed by atoms with Gasteiger partial charge in [0.1, 0.15) is 4.99 Å². The molecule has 0 unspecified atom stereocenters. The van der Waals surface area contributed by atoms with Gasteiger partial charge in [-0.2, -0.15) is 0 Å². The molecule has 0 atom stereocenters. The lowest BCUT2D eigenvalue weighted by Gasteiger charge is -2.22. The summed E-state index contributed by atoms with van der Waals surface area (Å²) in [6, 6.07) is 0. The molecule has 0 saturated heterocycles. The number of hydrogen-bond acceptors (Lipinski definition) is 1. The molecule has 0 spiro atoms. The van der Waals surface area contributed by atoms with Crippen LogP contribution in [0.3, 0.4) is 0 Å². The predicted molar refractivity (Wildman–Crippen MR) is 53.2 cm³/mol. The van der Waals surface area contributed by atoms with Crippen molar-refractivity contribution in [2.75, 3.05) is 6.54 Å². The van der Waals surface area contributed by atoms with E-state index in [9.17, 15) is 8.78 Å². The summed E-state index contributed by atoms with van der Waals surface area (Å²) in [7, 11) is 0. The Bertz CT molecular complexity index is 167. The Labute approximate surface area is 82.9 Å². The minimum absolute atomic E-state index is 0.300. The molecule has 4 heteroatoms. The molecule has 1 nitrogen and oxygen atoms in total. The second kappa shape index (κ2) is 5.47. The molecule has 1 aliphatic rings. The number of alkyl halides is 2. The summed E-state index contributed by atoms with van der Waals surface area (Å²) in [5, 5.41) is 2.63. The number of thiocarbonyl (C=S) groups is 1. The normalized spacial score (nSPS) is 19.0. The van der Waals surface area contributed by atoms with Crippen LogP contribution in [0.25, 0.3) is 0 Å². The molecule has 1 N–H and O–H groups in total. The highest BCUT2D eigenvalue weighted by molar-refractivity contribution is 7.80. The minimum Gasteiger partial charge on any atom is -0.375 e. The molecule has 1 aliphatic carbocycles. The Hall–Kier alpha value is -0.250. The van der Waals surface area contributed by atoms with Crippen LogP contribution in [0.5, 0.6) is 0 Å². The van der Waals surface area contributed by atoms with Gasteiger partial charge >= 0.3 is 0 Å². The fraction of sp³-hybridized carbons (Fsp3) is 0.889. The van der Waals surface area contributed by atoms with Crippen LogP contribution in [0.4, 0.5) is 8.78 Å². The Morgan fingerprint density at radius 2 is 1.92 bits per heavy atom. The molecular weight excluding hydrogens is 192 g/mol. The molecule has 0 aromatic carbocycles. The van der Waals surface area contributed by atoms with Gasteiger partial charge in [-0.25, -0.2) is 8.78 Å². The zero-order chi connectivity index (χ0) is 9.68. The van der Waals surface area contributed by atoms with E-state index >= 15 is 0 Å². The van der Waals surface area contributed by atoms with E-state index in [4.69, 9.17) is 0 Å². The highest BCUT2D eigenvalue weighted by Crippen LogP contribution is 2.22. The number of halogens is 2. The lowest BCUT2D eigenvalue weighted by Crippen LogP contribution is -2.32. The van der Waals surface area contributed by atoms with E-state index in [1.807, 2.05) is 0 Å². The molecule has 0 bridgehead atoms. The number of rotatable bonds is 3. The molecule has 0 heterocycles. The van der Waals surface area contributed by atoms with Crippen molar-refractivity contribution in [1.82, 2.24) is 5.32 Å². The SMILES string of the molecule is FC(F)C(=S)NCC1CCCCC1. The second-order valence-corrected chi connectivity index (χ2v) is 3.99. The molecule has 13 heavy (non-hydrogen) atoms. The molecule has 0 aromatic heterocycles. The van der Waals surface area contributed by atoms with E-state index < -0.39 is 6.43 Å². The van der Waals surface area contributed by atoms with Crippen LogP contribution in [-0.2, 0) is 0 Å². The molecule has 0 amide bonds. The smallest absolute Gasteiger partial charge is 0.288 e. The summed E-state index contributed by atoms with van der Waals surface area (Å²) >= 11 is 4.49. The molecule has 1 fully saturated rings. The highest BCUT2D eigenvalue weighted by Gasteiger charge is 2.15. The van der Waals surface area contributed by atoms with Crippen molar-refractivity contribution in [2.45, 2.75) is 38.5 Å². The van der Waals surface area contributed by atoms with Crippen molar-refractivity contribution in [3.05, 3.63) is 0 Å². The van der Waals surface area contributed by atoms with E-state index in [0.29, 0.717) is 12.5 Å². The summed E-state index contributed by atoms with van der Waals surface area (Å²) in [5.41, 5.74) is 0. The lowest BCUT2D eigenvalue weighted by molar-refractivity contribution is 0.222. The first kappa shape index (κ1) is 10.8. The first-order chi connectivity index (χ1) is 6.20. The van der Waals surface area contributed by atoms with E-state index in [2.05, 4.69) is 17.5 Å². The Morgan fingerprint density at radius 1 is 1.31 bits per heavy atom. The monoisotopic (exact) mass is 207 g/mol. The van der Waals surface area contributed by atoms with E-state index in [-0.39, 0.29) is 4.99 Å². The minimum atomic E-state index is -2.50. The van der Waals surface area contributed by atoms with Gasteiger partial charge in [-0.1, -0.05) is 31.5 Å². The largest absolute Gasteiger partial charge is 0.375 e. The fourth-order valence-corrected chi connectivity index (χ4v) is 1.80. The first-order valence-corrected chi connectivity index (χ1v) is 5.17. The summed E-state index contributed by atoms with van der Waals surface area (Å²) in [6.07, 6.45) is 3.55. The number of nitrogens with one attached hydrogen (secondary N) is 1. The van der Waals surface area contributed by atoms with Gasteiger partial charge in [-0.15, -0.1) is 0 Å². The lowest BCUT2D eigenvalue weighted by atomic mass is 9.89. The van der Waals surface area contributed by atoms with E-state index in [1.165, 1.54) is 19.3 Å². The third-order valence-electron chi connectivity index (χ3n) is 2.49. The maximum Gasteiger partial charge on any atom is 0.288 e. The van der Waals surface area contributed by atoms with Gasteiger partial charge in [0, 0.05) is 6.54 Å². The molecule has 0 aromatic rings. The van der Waals surface area contributed by atoms with Crippen LogP contribution in [0.15, 0.2) is 0 Å². The molecule has 0 aliphatic heterocycles. The maximum absolute atomic E-state index is 12.0. The van der Waals surface area contributed by atoms with Crippen LogP contribution in [0.2, 0.25) is 0 Å². The van der Waals surface area contributed by atoms with Crippen LogP contribution in [0.1, 0.15) is 32.1 Å². The van der Waals surface area contributed by atoms with Crippen molar-refractivity contribution in [3.63, 3.8) is 0 Å². The van der Waals surface area contributed by atoms with Gasteiger partial charge in [0.15, 0.2) is 0 Å². The Morgan fingerprint density at radius 3 is 2.46 bits per heavy atom. The van der Waals surface area contributed by atoms with Gasteiger partial charge < -0.3 is 5.32 Å². The van der Waals surface area contributed by atoms with Crippen molar-refractivity contribution in [2.24, 2.45) is 5.92 Å². The average Bonchev–Trinajstić information content (AvgIpc) is 2.15. The van der Waals surface area contributed by atoms with Gasteiger partial charge in [0.2, 0.25) is 0 Å². The van der Waals surface area contributed by atoms with Crippen LogP contribution in [0, 0.1) is 5.92 Å². The van der Waals surface area contributed by atoms with Gasteiger partial charge in [0.25, 0.3) is 6.43 Å². The topological polar surface area (TPSA) is 12.0 Å². The molecule has 0 radical (unpaired) electrons. The van der Waals surface area contributed by atoms with E-state index in [1.54, 1.807) is 0 Å². The standard InChI is InChI=1S/C9H15F2NS/c10-8(11)9(13)12-6-7-4-2-1-3-5-7/h7-8H,1-6H2,(H,12,13). The summed E-state index contributed by atoms with van der Waals surface area (Å²) in [6.45, 7) is 0.628. The Kier molecular flexibility index (Phi) is 4.56. The molecular formula is C9H15F2NS. The predicted octanol–water partition coefficient (Wildman–Crippen LogP) is 2.75. The fourth-order valence-electron chi connectivity index (χ4n) is 1.71. The van der Waals surface area contributed by atoms with Crippen LogP contribution >= 0.6 is 12.2 Å². The van der Waals surface area contributed by atoms with Gasteiger partial charge in [-0.05, 0) is 18.8 Å². The van der Waals surface area contributed by atoms with Gasteiger partial charge in [0.05, 0.1) is 0 Å². The highest BCUT2D eigenvalue weighted by atomic mass is 32.1. The molecule has 1 rings (SSSR count). The van der Waals surface area contributed by atoms with Crippen molar-refractivity contribution >= 4 is 17.2 Å². The third kappa shape index (κ3) is 3.98. The maximum atomic E-state index is 12.0. The van der Waals surface area contributed by atoms with Crippen molar-refractivity contribution < 1.29 is 8.78 Å². The molecule has 76 valence electrons. The van der Waals surface area contributed by atoms with Crippen LogP contribution in [-0.4, -0.2) is 18.0 Å². The number of hydrogen-bond donors (Lipinski definition) is 1. The summed E-state index contributed by atoms with van der Waals surface area (Å²) in [4.78, 5) is -0.300. The van der Waals surface area contributed by atoms with Gasteiger partial charge in [-0.3, -0.25) is 0 Å². The van der Waals surface area contributed by atoms with Crippen molar-refractivity contribution in [1.29, 1.82) is 0 Å². The zero-order valence-corrected chi connectivity index (χ0v) is 8.38. The first-order valence-electron chi connectivity index (χ1n) is 4.76. The third-order valence-corrected chi connectivity index (χ3v) is 2.81. The van der Waals surface area contributed by atoms with Crippen molar-refractivity contribution in [3.8, 4) is 0 Å². The zero-order valence-electron chi connectivity index (χ0n) is 7.56. The summed E-state index contributed by atoms with van der Waals surface area (Å²) < 4.78 is 24.0. The average molecular weight is 207 g/mol. The second-order valence-electron chi connectivity index (χ2n) is 3.55. The van der Waals surface area contributed by atoms with Crippen LogP contribution < -0.4 is 5.32 Å². The Balaban J connectivity index is 2.13. The molecule has 1 saturated carbocycles. The van der Waals surface area contributed by atoms with E-state index in [0.717, 1.165) is 12.8 Å². The quantitative estimate of drug-likeness (QED) is 0.714.